The Morgan fingerprint density at radius 2 is 2.07 bits per heavy atom. The smallest absolute Gasteiger partial charge is 0.121 e. The van der Waals surface area contributed by atoms with Crippen molar-refractivity contribution >= 4 is 0 Å². The Morgan fingerprint density at radius 3 is 2.74 bits per heavy atom. The van der Waals surface area contributed by atoms with Gasteiger partial charge in [0, 0.05) is 31.1 Å². The van der Waals surface area contributed by atoms with E-state index in [0.29, 0.717) is 11.5 Å². The van der Waals surface area contributed by atoms with E-state index in [-0.39, 0.29) is 6.10 Å². The zero-order chi connectivity index (χ0) is 19.4. The van der Waals surface area contributed by atoms with E-state index in [0.717, 1.165) is 42.1 Å². The van der Waals surface area contributed by atoms with Crippen LogP contribution in [0.1, 0.15) is 24.5 Å². The third kappa shape index (κ3) is 4.23. The Labute approximate surface area is 162 Å². The number of allylic oxidation sites excluding steroid dienone is 1. The molecule has 1 heterocycles. The van der Waals surface area contributed by atoms with Crippen molar-refractivity contribution in [2.45, 2.75) is 26.4 Å². The molecule has 0 aromatic heterocycles. The first-order valence-electron chi connectivity index (χ1n) is 9.36. The molecule has 3 heteroatoms. The van der Waals surface area contributed by atoms with Crippen molar-refractivity contribution in [3.05, 3.63) is 78.5 Å². The number of piperidine rings is 1. The van der Waals surface area contributed by atoms with Gasteiger partial charge in [-0.2, -0.15) is 5.26 Å². The summed E-state index contributed by atoms with van der Waals surface area (Å²) in [5, 5.41) is 9.45. The van der Waals surface area contributed by atoms with Crippen LogP contribution in [0, 0.1) is 24.2 Å². The van der Waals surface area contributed by atoms with Crippen molar-refractivity contribution in [3.63, 3.8) is 0 Å². The molecule has 0 bridgehead atoms. The summed E-state index contributed by atoms with van der Waals surface area (Å²) in [6, 6.07) is 16.3. The minimum absolute atomic E-state index is 0.123. The van der Waals surface area contributed by atoms with Crippen LogP contribution in [0.25, 0.3) is 11.1 Å². The second-order valence-corrected chi connectivity index (χ2v) is 7.24. The average molecular weight is 358 g/mol. The molecule has 1 aliphatic heterocycles. The highest BCUT2D eigenvalue weighted by Gasteiger charge is 2.27. The van der Waals surface area contributed by atoms with Crippen molar-refractivity contribution in [1.29, 1.82) is 5.26 Å². The molecule has 0 amide bonds. The van der Waals surface area contributed by atoms with E-state index in [9.17, 15) is 5.26 Å². The Hall–Kier alpha value is -2.99. The summed E-state index contributed by atoms with van der Waals surface area (Å²) in [5.41, 5.74) is 4.92. The maximum Gasteiger partial charge on any atom is 0.121 e. The van der Waals surface area contributed by atoms with Gasteiger partial charge in [-0.25, -0.2) is 0 Å². The summed E-state index contributed by atoms with van der Waals surface area (Å²) in [5.74, 6) is 1.13. The molecule has 1 saturated heterocycles. The maximum absolute atomic E-state index is 9.45. The molecule has 2 aromatic rings. The number of likely N-dealkylation sites (tertiary alicyclic amines) is 1. The second kappa shape index (κ2) is 8.14. The quantitative estimate of drug-likeness (QED) is 0.679. The van der Waals surface area contributed by atoms with Gasteiger partial charge in [0.25, 0.3) is 0 Å². The van der Waals surface area contributed by atoms with Gasteiger partial charge in [0.2, 0.25) is 0 Å². The number of rotatable bonds is 5. The van der Waals surface area contributed by atoms with Crippen molar-refractivity contribution < 1.29 is 4.74 Å². The Kier molecular flexibility index (Phi) is 5.66. The SMILES string of the molecule is C=CC(=C)N1CCC(Oc2cc(C#N)cc(-c3ccccc3C)c2)C(C)C1. The zero-order valence-electron chi connectivity index (χ0n) is 16.1. The van der Waals surface area contributed by atoms with Gasteiger partial charge < -0.3 is 9.64 Å². The summed E-state index contributed by atoms with van der Waals surface area (Å²) >= 11 is 0. The summed E-state index contributed by atoms with van der Waals surface area (Å²) < 4.78 is 6.34. The van der Waals surface area contributed by atoms with Gasteiger partial charge in [-0.3, -0.25) is 0 Å². The number of benzene rings is 2. The molecule has 27 heavy (non-hydrogen) atoms. The fourth-order valence-electron chi connectivity index (χ4n) is 3.65. The molecule has 1 fully saturated rings. The van der Waals surface area contributed by atoms with E-state index < -0.39 is 0 Å². The van der Waals surface area contributed by atoms with Gasteiger partial charge in [-0.1, -0.05) is 44.3 Å². The van der Waals surface area contributed by atoms with Crippen molar-refractivity contribution in [3.8, 4) is 22.9 Å². The minimum atomic E-state index is 0.123. The molecule has 0 saturated carbocycles. The van der Waals surface area contributed by atoms with E-state index in [2.05, 4.69) is 50.1 Å². The number of nitrogens with zero attached hydrogens (tertiary/aromatic N) is 2. The van der Waals surface area contributed by atoms with Gasteiger partial charge in [-0.05, 0) is 47.9 Å². The van der Waals surface area contributed by atoms with Crippen LogP contribution >= 0.6 is 0 Å². The van der Waals surface area contributed by atoms with Crippen molar-refractivity contribution in [1.82, 2.24) is 4.90 Å². The largest absolute Gasteiger partial charge is 0.490 e. The summed E-state index contributed by atoms with van der Waals surface area (Å²) in [7, 11) is 0. The molecule has 2 aromatic carbocycles. The standard InChI is InChI=1S/C24H26N2O/c1-5-19(4)26-11-10-24(18(3)16-26)27-22-13-20(15-25)12-21(14-22)23-9-7-6-8-17(23)2/h5-9,12-14,18,24H,1,4,10-11,16H2,2-3H3. The van der Waals surface area contributed by atoms with Gasteiger partial charge in [-0.15, -0.1) is 0 Å². The summed E-state index contributed by atoms with van der Waals surface area (Å²) in [6.45, 7) is 13.9. The predicted molar refractivity (Wildman–Crippen MR) is 110 cm³/mol. The van der Waals surface area contributed by atoms with Crippen molar-refractivity contribution in [2.24, 2.45) is 5.92 Å². The number of hydrogen-bond donors (Lipinski definition) is 0. The fourth-order valence-corrected chi connectivity index (χ4v) is 3.65. The minimum Gasteiger partial charge on any atom is -0.490 e. The Bertz CT molecular complexity index is 893. The summed E-state index contributed by atoms with van der Waals surface area (Å²) in [4.78, 5) is 2.25. The topological polar surface area (TPSA) is 36.3 Å². The van der Waals surface area contributed by atoms with Gasteiger partial charge in [0.1, 0.15) is 11.9 Å². The normalized spacial score (nSPS) is 19.2. The third-order valence-electron chi connectivity index (χ3n) is 5.25. The monoisotopic (exact) mass is 358 g/mol. The van der Waals surface area contributed by atoms with E-state index in [1.807, 2.05) is 30.3 Å². The Balaban J connectivity index is 1.82. The lowest BCUT2D eigenvalue weighted by Gasteiger charge is -2.38. The van der Waals surface area contributed by atoms with E-state index in [1.54, 1.807) is 6.08 Å². The summed E-state index contributed by atoms with van der Waals surface area (Å²) in [6.07, 6.45) is 2.85. The molecular formula is C24H26N2O. The van der Waals surface area contributed by atoms with Crippen LogP contribution in [0.2, 0.25) is 0 Å². The fraction of sp³-hybridized carbons (Fsp3) is 0.292. The van der Waals surface area contributed by atoms with Crippen LogP contribution in [0.15, 0.2) is 67.4 Å². The molecule has 1 aliphatic rings. The number of ether oxygens (including phenoxy) is 1. The van der Waals surface area contributed by atoms with Crippen LogP contribution < -0.4 is 4.74 Å². The number of hydrogen-bond acceptors (Lipinski definition) is 3. The van der Waals surface area contributed by atoms with E-state index >= 15 is 0 Å². The first-order valence-corrected chi connectivity index (χ1v) is 9.36. The molecule has 2 atom stereocenters. The van der Waals surface area contributed by atoms with E-state index in [1.165, 1.54) is 5.56 Å². The highest BCUT2D eigenvalue weighted by Crippen LogP contribution is 2.31. The zero-order valence-corrected chi connectivity index (χ0v) is 16.1. The molecule has 0 N–H and O–H groups in total. The first kappa shape index (κ1) is 18.8. The van der Waals surface area contributed by atoms with Gasteiger partial charge in [0.15, 0.2) is 0 Å². The van der Waals surface area contributed by atoms with Gasteiger partial charge >= 0.3 is 0 Å². The van der Waals surface area contributed by atoms with Crippen LogP contribution in [0.5, 0.6) is 5.75 Å². The van der Waals surface area contributed by atoms with Crippen LogP contribution in [-0.4, -0.2) is 24.1 Å². The number of aryl methyl sites for hydroxylation is 1. The molecule has 3 nitrogen and oxygen atoms in total. The third-order valence-corrected chi connectivity index (χ3v) is 5.25. The molecule has 0 aliphatic carbocycles. The highest BCUT2D eigenvalue weighted by molar-refractivity contribution is 5.70. The number of nitriles is 1. The lowest BCUT2D eigenvalue weighted by molar-refractivity contribution is 0.0687. The van der Waals surface area contributed by atoms with Crippen LogP contribution in [0.3, 0.4) is 0 Å². The highest BCUT2D eigenvalue weighted by atomic mass is 16.5. The van der Waals surface area contributed by atoms with Crippen LogP contribution in [0.4, 0.5) is 0 Å². The molecule has 138 valence electrons. The lowest BCUT2D eigenvalue weighted by atomic mass is 9.95. The molecular weight excluding hydrogens is 332 g/mol. The molecule has 0 radical (unpaired) electrons. The maximum atomic E-state index is 9.45. The predicted octanol–water partition coefficient (Wildman–Crippen LogP) is 5.32. The Morgan fingerprint density at radius 1 is 1.30 bits per heavy atom. The first-order chi connectivity index (χ1) is 13.0. The molecule has 3 rings (SSSR count). The lowest BCUT2D eigenvalue weighted by Crippen LogP contribution is -2.43. The second-order valence-electron chi connectivity index (χ2n) is 7.24. The molecule has 0 spiro atoms. The molecule has 2 unspecified atom stereocenters. The van der Waals surface area contributed by atoms with Crippen molar-refractivity contribution in [2.75, 3.05) is 13.1 Å². The average Bonchev–Trinajstić information content (AvgIpc) is 2.69. The van der Waals surface area contributed by atoms with E-state index in [4.69, 9.17) is 4.74 Å². The van der Waals surface area contributed by atoms with Crippen LogP contribution in [-0.2, 0) is 0 Å². The van der Waals surface area contributed by atoms with Gasteiger partial charge in [0.05, 0.1) is 11.6 Å².